The molecular weight excluding hydrogens is 315 g/mol. The summed E-state index contributed by atoms with van der Waals surface area (Å²) in [6.07, 6.45) is 2.67. The zero-order valence-electron chi connectivity index (χ0n) is 13.5. The van der Waals surface area contributed by atoms with E-state index in [1.54, 1.807) is 0 Å². The van der Waals surface area contributed by atoms with Gasteiger partial charge >= 0.3 is 0 Å². The predicted molar refractivity (Wildman–Crippen MR) is 87.5 cm³/mol. The van der Waals surface area contributed by atoms with Crippen LogP contribution in [-0.4, -0.2) is 32.2 Å². The number of carbonyl (C=O) groups is 1. The van der Waals surface area contributed by atoms with E-state index < -0.39 is 5.82 Å². The monoisotopic (exact) mass is 332 g/mol. The van der Waals surface area contributed by atoms with Gasteiger partial charge in [-0.2, -0.15) is 0 Å². The van der Waals surface area contributed by atoms with Crippen LogP contribution in [0.5, 0.6) is 23.0 Å². The van der Waals surface area contributed by atoms with Gasteiger partial charge in [0.2, 0.25) is 5.75 Å². The maximum absolute atomic E-state index is 13.0. The average Bonchev–Trinajstić information content (AvgIpc) is 2.59. The molecule has 0 heterocycles. The Labute approximate surface area is 138 Å². The zero-order chi connectivity index (χ0) is 17.7. The van der Waals surface area contributed by atoms with Crippen LogP contribution in [0, 0.1) is 5.82 Å². The number of halogens is 1. The van der Waals surface area contributed by atoms with Crippen molar-refractivity contribution in [3.8, 4) is 23.0 Å². The van der Waals surface area contributed by atoms with Crippen LogP contribution in [0.15, 0.2) is 36.4 Å². The minimum atomic E-state index is -0.555. The minimum absolute atomic E-state index is 0.246. The molecule has 0 amide bonds. The molecule has 5 nitrogen and oxygen atoms in total. The highest BCUT2D eigenvalue weighted by Crippen LogP contribution is 2.38. The number of rotatable bonds is 6. The second-order valence-corrected chi connectivity index (χ2v) is 4.81. The number of phenols is 1. The van der Waals surface area contributed by atoms with Gasteiger partial charge in [-0.15, -0.1) is 0 Å². The average molecular weight is 332 g/mol. The second-order valence-electron chi connectivity index (χ2n) is 4.81. The summed E-state index contributed by atoms with van der Waals surface area (Å²) < 4.78 is 28.6. The summed E-state index contributed by atoms with van der Waals surface area (Å²) in [7, 11) is 4.38. The third kappa shape index (κ3) is 3.65. The maximum Gasteiger partial charge on any atom is 0.203 e. The fraction of sp³-hybridized carbons (Fsp3) is 0.167. The normalized spacial score (nSPS) is 10.7. The van der Waals surface area contributed by atoms with Crippen LogP contribution in [0.2, 0.25) is 0 Å². The number of ether oxygens (including phenoxy) is 3. The van der Waals surface area contributed by atoms with Crippen molar-refractivity contribution in [1.29, 1.82) is 0 Å². The van der Waals surface area contributed by atoms with Crippen molar-refractivity contribution in [2.24, 2.45) is 0 Å². The van der Waals surface area contributed by atoms with Crippen LogP contribution in [0.3, 0.4) is 0 Å². The Morgan fingerprint density at radius 2 is 1.67 bits per heavy atom. The van der Waals surface area contributed by atoms with E-state index >= 15 is 0 Å². The lowest BCUT2D eigenvalue weighted by atomic mass is 10.1. The standard InChI is InChI=1S/C18H17FO5/c1-22-16-8-12(9-17(23-2)18(16)24-3)14(20)7-5-11-4-6-13(19)10-15(11)21/h4-10,21H,1-3H3/b7-5+. The first kappa shape index (κ1) is 17.3. The second kappa shape index (κ2) is 7.50. The molecule has 0 fully saturated rings. The fourth-order valence-electron chi connectivity index (χ4n) is 2.14. The van der Waals surface area contributed by atoms with Crippen molar-refractivity contribution in [3.63, 3.8) is 0 Å². The Bertz CT molecular complexity index is 758. The summed E-state index contributed by atoms with van der Waals surface area (Å²) in [5.41, 5.74) is 0.652. The van der Waals surface area contributed by atoms with Gasteiger partial charge in [0.15, 0.2) is 17.3 Å². The SMILES string of the molecule is COc1cc(C(=O)/C=C/c2ccc(F)cc2O)cc(OC)c1OC. The summed E-state index contributed by atoms with van der Waals surface area (Å²) in [6, 6.07) is 6.60. The lowest BCUT2D eigenvalue weighted by Crippen LogP contribution is -2.00. The van der Waals surface area contributed by atoms with Gasteiger partial charge in [-0.25, -0.2) is 4.39 Å². The third-order valence-electron chi connectivity index (χ3n) is 3.36. The molecule has 0 aliphatic rings. The number of methoxy groups -OCH3 is 3. The van der Waals surface area contributed by atoms with Crippen LogP contribution in [0.1, 0.15) is 15.9 Å². The molecular formula is C18H17FO5. The van der Waals surface area contributed by atoms with Crippen LogP contribution in [0.4, 0.5) is 4.39 Å². The maximum atomic E-state index is 13.0. The summed E-state index contributed by atoms with van der Waals surface area (Å²) in [4.78, 5) is 12.3. The number of aromatic hydroxyl groups is 1. The van der Waals surface area contributed by atoms with Crippen LogP contribution in [0.25, 0.3) is 6.08 Å². The highest BCUT2D eigenvalue weighted by molar-refractivity contribution is 6.07. The molecule has 0 aliphatic carbocycles. The van der Waals surface area contributed by atoms with E-state index in [4.69, 9.17) is 14.2 Å². The number of allylic oxidation sites excluding steroid dienone is 1. The first-order valence-corrected chi connectivity index (χ1v) is 7.01. The Morgan fingerprint density at radius 3 is 2.17 bits per heavy atom. The molecule has 6 heteroatoms. The number of phenolic OH excluding ortho intramolecular Hbond substituents is 1. The van der Waals surface area contributed by atoms with Gasteiger partial charge in [0.1, 0.15) is 11.6 Å². The molecule has 0 aromatic heterocycles. The quantitative estimate of drug-likeness (QED) is 0.648. The molecule has 0 spiro atoms. The molecule has 2 rings (SSSR count). The molecule has 126 valence electrons. The first-order chi connectivity index (χ1) is 11.5. The van der Waals surface area contributed by atoms with E-state index in [2.05, 4.69) is 0 Å². The van der Waals surface area contributed by atoms with E-state index in [1.807, 2.05) is 0 Å². The van der Waals surface area contributed by atoms with Gasteiger partial charge in [-0.05, 0) is 36.4 Å². The van der Waals surface area contributed by atoms with Gasteiger partial charge in [0.05, 0.1) is 21.3 Å². The van der Waals surface area contributed by atoms with Crippen molar-refractivity contribution >= 4 is 11.9 Å². The Morgan fingerprint density at radius 1 is 1.04 bits per heavy atom. The minimum Gasteiger partial charge on any atom is -0.507 e. The topological polar surface area (TPSA) is 65.0 Å². The molecule has 24 heavy (non-hydrogen) atoms. The molecule has 2 aromatic rings. The largest absolute Gasteiger partial charge is 0.507 e. The molecule has 0 radical (unpaired) electrons. The van der Waals surface area contributed by atoms with Crippen molar-refractivity contribution in [2.75, 3.05) is 21.3 Å². The molecule has 0 unspecified atom stereocenters. The fourth-order valence-corrected chi connectivity index (χ4v) is 2.14. The van der Waals surface area contributed by atoms with E-state index in [-0.39, 0.29) is 11.5 Å². The molecule has 0 saturated carbocycles. The molecule has 0 aliphatic heterocycles. The Balaban J connectivity index is 2.34. The van der Waals surface area contributed by atoms with Crippen molar-refractivity contribution in [2.45, 2.75) is 0 Å². The predicted octanol–water partition coefficient (Wildman–Crippen LogP) is 3.45. The van der Waals surface area contributed by atoms with Gasteiger partial charge in [-0.3, -0.25) is 4.79 Å². The lowest BCUT2D eigenvalue weighted by molar-refractivity contribution is 0.104. The first-order valence-electron chi connectivity index (χ1n) is 7.01. The summed E-state index contributed by atoms with van der Waals surface area (Å²) in [5, 5.41) is 9.65. The summed E-state index contributed by atoms with van der Waals surface area (Å²) >= 11 is 0. The van der Waals surface area contributed by atoms with E-state index in [9.17, 15) is 14.3 Å². The summed E-state index contributed by atoms with van der Waals surface area (Å²) in [5.74, 6) is -0.0318. The number of hydrogen-bond donors (Lipinski definition) is 1. The summed E-state index contributed by atoms with van der Waals surface area (Å²) in [6.45, 7) is 0. The van der Waals surface area contributed by atoms with E-state index in [1.165, 1.54) is 57.7 Å². The zero-order valence-corrected chi connectivity index (χ0v) is 13.5. The van der Waals surface area contributed by atoms with Crippen LogP contribution in [-0.2, 0) is 0 Å². The Kier molecular flexibility index (Phi) is 5.42. The number of carbonyl (C=O) groups excluding carboxylic acids is 1. The third-order valence-corrected chi connectivity index (χ3v) is 3.36. The molecule has 1 N–H and O–H groups in total. The van der Waals surface area contributed by atoms with Crippen molar-refractivity contribution < 1.29 is 28.5 Å². The van der Waals surface area contributed by atoms with Crippen molar-refractivity contribution in [1.82, 2.24) is 0 Å². The van der Waals surface area contributed by atoms with Gasteiger partial charge < -0.3 is 19.3 Å². The van der Waals surface area contributed by atoms with Gasteiger partial charge in [0, 0.05) is 17.2 Å². The van der Waals surface area contributed by atoms with Crippen molar-refractivity contribution in [3.05, 3.63) is 53.4 Å². The number of hydrogen-bond acceptors (Lipinski definition) is 5. The highest BCUT2D eigenvalue weighted by atomic mass is 19.1. The van der Waals surface area contributed by atoms with Crippen LogP contribution >= 0.6 is 0 Å². The van der Waals surface area contributed by atoms with E-state index in [0.717, 1.165) is 6.07 Å². The van der Waals surface area contributed by atoms with Gasteiger partial charge in [-0.1, -0.05) is 0 Å². The number of ketones is 1. The highest BCUT2D eigenvalue weighted by Gasteiger charge is 2.15. The van der Waals surface area contributed by atoms with Crippen LogP contribution < -0.4 is 14.2 Å². The van der Waals surface area contributed by atoms with E-state index in [0.29, 0.717) is 28.4 Å². The Hall–Kier alpha value is -3.02. The molecule has 0 atom stereocenters. The lowest BCUT2D eigenvalue weighted by Gasteiger charge is -2.13. The molecule has 0 bridgehead atoms. The molecule has 2 aromatic carbocycles. The smallest absolute Gasteiger partial charge is 0.203 e. The number of benzene rings is 2. The van der Waals surface area contributed by atoms with Gasteiger partial charge in [0.25, 0.3) is 0 Å². The molecule has 0 saturated heterocycles.